The molecule has 0 saturated heterocycles. The molecule has 0 spiro atoms. The van der Waals surface area contributed by atoms with Gasteiger partial charge in [0.05, 0.1) is 5.69 Å². The Morgan fingerprint density at radius 2 is 2.00 bits per heavy atom. The minimum atomic E-state index is -0.0933. The van der Waals surface area contributed by atoms with E-state index in [-0.39, 0.29) is 5.91 Å². The van der Waals surface area contributed by atoms with E-state index in [1.54, 1.807) is 0 Å². The third kappa shape index (κ3) is 3.75. The van der Waals surface area contributed by atoms with Crippen LogP contribution >= 0.6 is 22.9 Å². The SMILES string of the molecule is CC(=O)Nc1cccc(-c2csc(Nc3cccc(Cl)c3C)n2)c1. The predicted molar refractivity (Wildman–Crippen MR) is 101 cm³/mol. The molecule has 3 rings (SSSR count). The maximum absolute atomic E-state index is 11.2. The zero-order valence-corrected chi connectivity index (χ0v) is 14.8. The number of thiazole rings is 1. The van der Waals surface area contributed by atoms with Crippen LogP contribution in [0.1, 0.15) is 12.5 Å². The van der Waals surface area contributed by atoms with E-state index in [1.165, 1.54) is 18.3 Å². The Labute approximate surface area is 149 Å². The van der Waals surface area contributed by atoms with Crippen molar-refractivity contribution in [2.45, 2.75) is 13.8 Å². The second kappa shape index (κ2) is 7.03. The summed E-state index contributed by atoms with van der Waals surface area (Å²) >= 11 is 7.67. The maximum atomic E-state index is 11.2. The number of rotatable bonds is 4. The maximum Gasteiger partial charge on any atom is 0.221 e. The highest BCUT2D eigenvalue weighted by Crippen LogP contribution is 2.31. The number of anilines is 3. The third-order valence-electron chi connectivity index (χ3n) is 3.49. The van der Waals surface area contributed by atoms with Crippen molar-refractivity contribution in [1.82, 2.24) is 4.98 Å². The van der Waals surface area contributed by atoms with Crippen LogP contribution in [0.4, 0.5) is 16.5 Å². The first-order valence-corrected chi connectivity index (χ1v) is 8.64. The summed E-state index contributed by atoms with van der Waals surface area (Å²) in [5, 5.41) is 9.58. The van der Waals surface area contributed by atoms with Crippen molar-refractivity contribution in [2.75, 3.05) is 10.6 Å². The molecule has 0 aliphatic carbocycles. The minimum absolute atomic E-state index is 0.0933. The van der Waals surface area contributed by atoms with Crippen LogP contribution in [-0.4, -0.2) is 10.9 Å². The normalized spacial score (nSPS) is 10.5. The van der Waals surface area contributed by atoms with E-state index >= 15 is 0 Å². The standard InChI is InChI=1S/C18H16ClN3OS/c1-11-15(19)7-4-8-16(11)21-18-22-17(10-24-18)13-5-3-6-14(9-13)20-12(2)23/h3-10H,1-2H3,(H,20,23)(H,21,22). The minimum Gasteiger partial charge on any atom is -0.331 e. The molecule has 0 unspecified atom stereocenters. The fourth-order valence-corrected chi connectivity index (χ4v) is 3.19. The predicted octanol–water partition coefficient (Wildman–Crippen LogP) is 5.47. The summed E-state index contributed by atoms with van der Waals surface area (Å²) in [6.45, 7) is 3.46. The lowest BCUT2D eigenvalue weighted by molar-refractivity contribution is -0.114. The Bertz CT molecular complexity index is 891. The molecule has 0 bridgehead atoms. The zero-order valence-electron chi connectivity index (χ0n) is 13.3. The van der Waals surface area contributed by atoms with Gasteiger partial charge in [0.25, 0.3) is 0 Å². The highest BCUT2D eigenvalue weighted by atomic mass is 35.5. The Morgan fingerprint density at radius 3 is 2.79 bits per heavy atom. The van der Waals surface area contributed by atoms with E-state index in [4.69, 9.17) is 11.6 Å². The first kappa shape index (κ1) is 16.5. The largest absolute Gasteiger partial charge is 0.331 e. The summed E-state index contributed by atoms with van der Waals surface area (Å²) in [5.74, 6) is -0.0933. The van der Waals surface area contributed by atoms with Crippen molar-refractivity contribution >= 4 is 45.4 Å². The van der Waals surface area contributed by atoms with Crippen LogP contribution in [0.5, 0.6) is 0 Å². The van der Waals surface area contributed by atoms with E-state index in [0.717, 1.165) is 38.3 Å². The molecule has 0 atom stereocenters. The summed E-state index contributed by atoms with van der Waals surface area (Å²) in [5.41, 5.74) is 4.50. The number of hydrogen-bond acceptors (Lipinski definition) is 4. The lowest BCUT2D eigenvalue weighted by atomic mass is 10.1. The number of amides is 1. The molecule has 1 aromatic heterocycles. The molecule has 0 aliphatic heterocycles. The lowest BCUT2D eigenvalue weighted by Crippen LogP contribution is -2.05. The molecule has 2 N–H and O–H groups in total. The van der Waals surface area contributed by atoms with Crippen LogP contribution in [0.25, 0.3) is 11.3 Å². The van der Waals surface area contributed by atoms with Gasteiger partial charge in [-0.05, 0) is 36.8 Å². The van der Waals surface area contributed by atoms with E-state index in [2.05, 4.69) is 15.6 Å². The van der Waals surface area contributed by atoms with Crippen LogP contribution in [0.2, 0.25) is 5.02 Å². The van der Waals surface area contributed by atoms with E-state index in [0.29, 0.717) is 0 Å². The number of halogens is 1. The summed E-state index contributed by atoms with van der Waals surface area (Å²) in [7, 11) is 0. The smallest absolute Gasteiger partial charge is 0.221 e. The average molecular weight is 358 g/mol. The molecule has 0 fully saturated rings. The van der Waals surface area contributed by atoms with Gasteiger partial charge in [-0.3, -0.25) is 4.79 Å². The van der Waals surface area contributed by atoms with Crippen molar-refractivity contribution < 1.29 is 4.79 Å². The Morgan fingerprint density at radius 1 is 1.21 bits per heavy atom. The second-order valence-electron chi connectivity index (χ2n) is 5.34. The summed E-state index contributed by atoms with van der Waals surface area (Å²) in [6.07, 6.45) is 0. The van der Waals surface area contributed by atoms with Crippen LogP contribution < -0.4 is 10.6 Å². The zero-order chi connectivity index (χ0) is 17.1. The van der Waals surface area contributed by atoms with Crippen molar-refractivity contribution in [3.05, 3.63) is 58.4 Å². The molecular weight excluding hydrogens is 342 g/mol. The number of benzene rings is 2. The quantitative estimate of drug-likeness (QED) is 0.650. The van der Waals surface area contributed by atoms with Crippen LogP contribution in [0.15, 0.2) is 47.8 Å². The fraction of sp³-hybridized carbons (Fsp3) is 0.111. The Kier molecular flexibility index (Phi) is 4.83. The number of nitrogens with zero attached hydrogens (tertiary/aromatic N) is 1. The van der Waals surface area contributed by atoms with Crippen molar-refractivity contribution in [3.8, 4) is 11.3 Å². The molecule has 0 aliphatic rings. The van der Waals surface area contributed by atoms with Crippen LogP contribution in [0, 0.1) is 6.92 Å². The summed E-state index contributed by atoms with van der Waals surface area (Å²) in [6, 6.07) is 13.4. The molecule has 1 heterocycles. The molecule has 2 aromatic carbocycles. The van der Waals surface area contributed by atoms with Crippen molar-refractivity contribution in [2.24, 2.45) is 0 Å². The van der Waals surface area contributed by atoms with Crippen LogP contribution in [0.3, 0.4) is 0 Å². The van der Waals surface area contributed by atoms with Gasteiger partial charge in [0.2, 0.25) is 5.91 Å². The highest BCUT2D eigenvalue weighted by molar-refractivity contribution is 7.14. The second-order valence-corrected chi connectivity index (χ2v) is 6.60. The topological polar surface area (TPSA) is 54.0 Å². The van der Waals surface area contributed by atoms with Crippen LogP contribution in [-0.2, 0) is 4.79 Å². The van der Waals surface area contributed by atoms with Gasteiger partial charge in [0.15, 0.2) is 5.13 Å². The Balaban J connectivity index is 1.83. The molecule has 122 valence electrons. The first-order valence-electron chi connectivity index (χ1n) is 7.38. The Hall–Kier alpha value is -2.37. The molecule has 1 amide bonds. The highest BCUT2D eigenvalue weighted by Gasteiger charge is 2.08. The van der Waals surface area contributed by atoms with Gasteiger partial charge in [0, 0.05) is 34.3 Å². The summed E-state index contributed by atoms with van der Waals surface area (Å²) < 4.78 is 0. The van der Waals surface area contributed by atoms with Gasteiger partial charge in [-0.25, -0.2) is 4.98 Å². The number of carbonyl (C=O) groups excluding carboxylic acids is 1. The number of carbonyl (C=O) groups is 1. The van der Waals surface area contributed by atoms with Gasteiger partial charge < -0.3 is 10.6 Å². The first-order chi connectivity index (χ1) is 11.5. The van der Waals surface area contributed by atoms with E-state index in [9.17, 15) is 4.79 Å². The van der Waals surface area contributed by atoms with E-state index < -0.39 is 0 Å². The molecule has 3 aromatic rings. The number of aromatic nitrogens is 1. The van der Waals surface area contributed by atoms with Gasteiger partial charge in [-0.1, -0.05) is 29.8 Å². The lowest BCUT2D eigenvalue weighted by Gasteiger charge is -2.07. The van der Waals surface area contributed by atoms with E-state index in [1.807, 2.05) is 54.8 Å². The van der Waals surface area contributed by atoms with Gasteiger partial charge in [-0.2, -0.15) is 0 Å². The molecule has 6 heteroatoms. The van der Waals surface area contributed by atoms with Gasteiger partial charge >= 0.3 is 0 Å². The monoisotopic (exact) mass is 357 g/mol. The molecule has 4 nitrogen and oxygen atoms in total. The average Bonchev–Trinajstić information content (AvgIpc) is 3.00. The summed E-state index contributed by atoms with van der Waals surface area (Å²) in [4.78, 5) is 15.8. The molecule has 0 radical (unpaired) electrons. The number of hydrogen-bond donors (Lipinski definition) is 2. The van der Waals surface area contributed by atoms with Crippen molar-refractivity contribution in [1.29, 1.82) is 0 Å². The van der Waals surface area contributed by atoms with Gasteiger partial charge in [0.1, 0.15) is 0 Å². The fourth-order valence-electron chi connectivity index (χ4n) is 2.28. The van der Waals surface area contributed by atoms with Gasteiger partial charge in [-0.15, -0.1) is 11.3 Å². The number of nitrogens with one attached hydrogen (secondary N) is 2. The third-order valence-corrected chi connectivity index (χ3v) is 4.66. The molecule has 0 saturated carbocycles. The van der Waals surface area contributed by atoms with Crippen molar-refractivity contribution in [3.63, 3.8) is 0 Å². The molecular formula is C18H16ClN3OS. The molecule has 24 heavy (non-hydrogen) atoms.